The van der Waals surface area contributed by atoms with Gasteiger partial charge in [-0.15, -0.1) is 12.6 Å². The summed E-state index contributed by atoms with van der Waals surface area (Å²) in [6.07, 6.45) is 0. The molecule has 0 radical (unpaired) electrons. The van der Waals surface area contributed by atoms with Crippen molar-refractivity contribution in [2.24, 2.45) is 0 Å². The molecule has 0 atom stereocenters. The van der Waals surface area contributed by atoms with E-state index < -0.39 is 0 Å². The Bertz CT molecular complexity index is 768. The van der Waals surface area contributed by atoms with E-state index in [4.69, 9.17) is 12.2 Å². The Hall–Kier alpha value is -1.98. The summed E-state index contributed by atoms with van der Waals surface area (Å²) in [4.78, 5) is 25.1. The third-order valence-electron chi connectivity index (χ3n) is 3.19. The lowest BCUT2D eigenvalue weighted by Gasteiger charge is -2.20. The van der Waals surface area contributed by atoms with Gasteiger partial charge in [0, 0.05) is 16.7 Å². The Kier molecular flexibility index (Phi) is 3.16. The van der Waals surface area contributed by atoms with Crippen molar-refractivity contribution < 1.29 is 9.59 Å². The lowest BCUT2D eigenvalue weighted by Crippen LogP contribution is -2.22. The predicted molar refractivity (Wildman–Crippen MR) is 85.0 cm³/mol. The second kappa shape index (κ2) is 4.85. The van der Waals surface area contributed by atoms with Crippen LogP contribution >= 0.6 is 24.8 Å². The second-order valence-corrected chi connectivity index (χ2v) is 5.52. The molecule has 98 valence electrons. The first-order valence-electron chi connectivity index (χ1n) is 5.91. The molecule has 0 aliphatic heterocycles. The van der Waals surface area contributed by atoms with Gasteiger partial charge in [-0.2, -0.15) is 0 Å². The van der Waals surface area contributed by atoms with Crippen LogP contribution in [0, 0.1) is 0 Å². The number of hydrogen-bond acceptors (Lipinski definition) is 3. The fourth-order valence-electron chi connectivity index (χ4n) is 2.36. The van der Waals surface area contributed by atoms with Gasteiger partial charge in [0.1, 0.15) is 4.32 Å². The van der Waals surface area contributed by atoms with Gasteiger partial charge < -0.3 is 5.32 Å². The molecule has 2 aromatic rings. The van der Waals surface area contributed by atoms with Crippen LogP contribution in [0.15, 0.2) is 42.5 Å². The Morgan fingerprint density at radius 2 is 1.50 bits per heavy atom. The summed E-state index contributed by atoms with van der Waals surface area (Å²) < 4.78 is 0.248. The third-order valence-corrected chi connectivity index (χ3v) is 3.41. The molecule has 0 aromatic heterocycles. The highest BCUT2D eigenvalue weighted by Crippen LogP contribution is 2.31. The monoisotopic (exact) mass is 299 g/mol. The highest BCUT2D eigenvalue weighted by atomic mass is 32.1. The molecular weight excluding hydrogens is 290 g/mol. The molecule has 5 heteroatoms. The number of nitrogens with one attached hydrogen (secondary N) is 1. The Morgan fingerprint density at radius 3 is 2.15 bits per heavy atom. The quantitative estimate of drug-likeness (QED) is 0.535. The van der Waals surface area contributed by atoms with Crippen molar-refractivity contribution >= 4 is 46.4 Å². The normalized spacial score (nSPS) is 12.7. The first-order chi connectivity index (χ1) is 9.59. The minimum atomic E-state index is -0.178. The second-order valence-electron chi connectivity index (χ2n) is 4.36. The molecule has 0 unspecified atom stereocenters. The minimum absolute atomic E-state index is 0.149. The fourth-order valence-corrected chi connectivity index (χ4v) is 2.59. The molecule has 3 nitrogen and oxygen atoms in total. The van der Waals surface area contributed by atoms with Gasteiger partial charge in [-0.1, -0.05) is 48.6 Å². The van der Waals surface area contributed by atoms with Crippen LogP contribution in [0.1, 0.15) is 31.8 Å². The van der Waals surface area contributed by atoms with E-state index in [2.05, 4.69) is 17.9 Å². The van der Waals surface area contributed by atoms with Crippen LogP contribution in [0.2, 0.25) is 0 Å². The number of rotatable bonds is 1. The van der Waals surface area contributed by atoms with E-state index in [0.717, 1.165) is 0 Å². The molecule has 20 heavy (non-hydrogen) atoms. The van der Waals surface area contributed by atoms with E-state index in [0.29, 0.717) is 27.9 Å². The molecule has 1 aliphatic rings. The van der Waals surface area contributed by atoms with Gasteiger partial charge in [-0.25, -0.2) is 0 Å². The number of hydrogen-bond donors (Lipinski definition) is 2. The molecule has 0 fully saturated rings. The van der Waals surface area contributed by atoms with Crippen LogP contribution in [-0.4, -0.2) is 15.9 Å². The van der Waals surface area contributed by atoms with Crippen LogP contribution in [0.3, 0.4) is 0 Å². The maximum Gasteiger partial charge on any atom is 0.196 e. The summed E-state index contributed by atoms with van der Waals surface area (Å²) in [6.45, 7) is 0. The zero-order chi connectivity index (χ0) is 14.3. The number of carbonyl (C=O) groups excluding carboxylic acids is 2. The van der Waals surface area contributed by atoms with E-state index in [-0.39, 0.29) is 15.9 Å². The van der Waals surface area contributed by atoms with Crippen molar-refractivity contribution in [3.8, 4) is 0 Å². The molecule has 1 N–H and O–H groups in total. The molecule has 0 amide bonds. The molecular formula is C15H9NO2S2. The van der Waals surface area contributed by atoms with Gasteiger partial charge in [-0.05, 0) is 6.07 Å². The van der Waals surface area contributed by atoms with E-state index in [1.807, 2.05) is 0 Å². The van der Waals surface area contributed by atoms with Crippen molar-refractivity contribution in [1.29, 1.82) is 0 Å². The van der Waals surface area contributed by atoms with E-state index >= 15 is 0 Å². The van der Waals surface area contributed by atoms with Gasteiger partial charge in [0.05, 0.1) is 11.3 Å². The van der Waals surface area contributed by atoms with Gasteiger partial charge in [0.2, 0.25) is 0 Å². The van der Waals surface area contributed by atoms with Crippen molar-refractivity contribution in [3.05, 3.63) is 64.7 Å². The topological polar surface area (TPSA) is 46.2 Å². The maximum absolute atomic E-state index is 12.6. The molecule has 0 heterocycles. The maximum atomic E-state index is 12.6. The number of carbonyl (C=O) groups is 2. The molecule has 1 aliphatic carbocycles. The molecule has 0 saturated heterocycles. The van der Waals surface area contributed by atoms with Crippen molar-refractivity contribution in [3.63, 3.8) is 0 Å². The fraction of sp³-hybridized carbons (Fsp3) is 0. The molecule has 0 saturated carbocycles. The number of thiol groups is 1. The first kappa shape index (κ1) is 13.0. The number of fused-ring (bicyclic) bond motifs is 2. The summed E-state index contributed by atoms with van der Waals surface area (Å²) in [7, 11) is 0. The predicted octanol–water partition coefficient (Wildman–Crippen LogP) is 3.09. The summed E-state index contributed by atoms with van der Waals surface area (Å²) in [5.74, 6) is -0.327. The summed E-state index contributed by atoms with van der Waals surface area (Å²) in [5, 5.41) is 2.84. The number of ketones is 2. The van der Waals surface area contributed by atoms with Crippen LogP contribution in [0.5, 0.6) is 0 Å². The summed E-state index contributed by atoms with van der Waals surface area (Å²) >= 11 is 8.89. The van der Waals surface area contributed by atoms with Gasteiger partial charge >= 0.3 is 0 Å². The Morgan fingerprint density at radius 1 is 0.900 bits per heavy atom. The van der Waals surface area contributed by atoms with E-state index in [1.165, 1.54) is 0 Å². The lowest BCUT2D eigenvalue weighted by molar-refractivity contribution is 0.0979. The van der Waals surface area contributed by atoms with Crippen LogP contribution in [0.25, 0.3) is 0 Å². The molecule has 3 rings (SSSR count). The van der Waals surface area contributed by atoms with Crippen LogP contribution in [0.4, 0.5) is 5.69 Å². The molecule has 0 spiro atoms. The summed E-state index contributed by atoms with van der Waals surface area (Å²) in [6, 6.07) is 11.9. The van der Waals surface area contributed by atoms with Crippen LogP contribution in [-0.2, 0) is 0 Å². The van der Waals surface area contributed by atoms with Crippen molar-refractivity contribution in [2.45, 2.75) is 0 Å². The SMILES string of the molecule is O=C1c2ccccc2C(=O)c2c(NC(=S)S)cccc21. The Labute approximate surface area is 126 Å². The average Bonchev–Trinajstić information content (AvgIpc) is 2.44. The highest BCUT2D eigenvalue weighted by molar-refractivity contribution is 8.11. The van der Waals surface area contributed by atoms with E-state index in [1.54, 1.807) is 42.5 Å². The van der Waals surface area contributed by atoms with Crippen molar-refractivity contribution in [2.75, 3.05) is 5.32 Å². The standard InChI is InChI=1S/C15H9NO2S2/c17-13-8-4-1-2-5-9(8)14(18)12-10(13)6-3-7-11(12)16-15(19)20/h1-7H,(H2,16,19,20). The van der Waals surface area contributed by atoms with Gasteiger partial charge in [0.25, 0.3) is 0 Å². The third kappa shape index (κ3) is 1.95. The smallest absolute Gasteiger partial charge is 0.196 e. The van der Waals surface area contributed by atoms with Gasteiger partial charge in [0.15, 0.2) is 11.6 Å². The minimum Gasteiger partial charge on any atom is -0.341 e. The summed E-state index contributed by atoms with van der Waals surface area (Å²) in [5.41, 5.74) is 2.12. The largest absolute Gasteiger partial charge is 0.341 e. The zero-order valence-corrected chi connectivity index (χ0v) is 11.9. The number of thiocarbonyl (C=S) groups is 1. The average molecular weight is 299 g/mol. The lowest BCUT2D eigenvalue weighted by atomic mass is 9.83. The van der Waals surface area contributed by atoms with E-state index in [9.17, 15) is 9.59 Å². The zero-order valence-electron chi connectivity index (χ0n) is 10.2. The molecule has 2 aromatic carbocycles. The van der Waals surface area contributed by atoms with Crippen molar-refractivity contribution in [1.82, 2.24) is 0 Å². The van der Waals surface area contributed by atoms with Crippen LogP contribution < -0.4 is 5.32 Å². The van der Waals surface area contributed by atoms with Gasteiger partial charge in [-0.3, -0.25) is 9.59 Å². The number of benzene rings is 2. The highest BCUT2D eigenvalue weighted by Gasteiger charge is 2.31. The molecule has 0 bridgehead atoms. The first-order valence-corrected chi connectivity index (χ1v) is 6.76. The number of anilines is 1. The Balaban J connectivity index is 2.25.